The molecule has 0 aromatic carbocycles. The van der Waals surface area contributed by atoms with Crippen LogP contribution in [-0.2, 0) is 46.3 Å². The number of amides is 2. The van der Waals surface area contributed by atoms with Crippen LogP contribution in [0.3, 0.4) is 0 Å². The van der Waals surface area contributed by atoms with Gasteiger partial charge in [-0.25, -0.2) is 18.8 Å². The number of aromatic hydroxyl groups is 1. The van der Waals surface area contributed by atoms with Crippen molar-refractivity contribution in [2.24, 2.45) is 5.16 Å². The van der Waals surface area contributed by atoms with E-state index in [-0.39, 0.29) is 25.6 Å². The van der Waals surface area contributed by atoms with Crippen molar-refractivity contribution in [3.8, 4) is 5.75 Å². The minimum absolute atomic E-state index is 0.0319. The van der Waals surface area contributed by atoms with Crippen LogP contribution in [0.2, 0.25) is 0 Å². The summed E-state index contributed by atoms with van der Waals surface area (Å²) < 4.78 is 62.0. The van der Waals surface area contributed by atoms with E-state index >= 15 is 0 Å². The van der Waals surface area contributed by atoms with Gasteiger partial charge >= 0.3 is 16.3 Å². The van der Waals surface area contributed by atoms with Crippen molar-refractivity contribution in [1.82, 2.24) is 28.8 Å². The molecular weight excluding hydrogens is 644 g/mol. The summed E-state index contributed by atoms with van der Waals surface area (Å²) in [6.07, 6.45) is 0.613. The lowest BCUT2D eigenvalue weighted by Gasteiger charge is -2.44. The third-order valence-electron chi connectivity index (χ3n) is 5.58. The van der Waals surface area contributed by atoms with Gasteiger partial charge in [0, 0.05) is 18.0 Å². The van der Waals surface area contributed by atoms with Crippen molar-refractivity contribution < 1.29 is 56.0 Å². The predicted molar refractivity (Wildman–Crippen MR) is 143 cm³/mol. The average Bonchev–Trinajstić information content (AvgIpc) is 3.31. The maximum absolute atomic E-state index is 13.1. The number of aliphatic carboxylic acids is 1. The van der Waals surface area contributed by atoms with E-state index in [1.54, 1.807) is 0 Å². The van der Waals surface area contributed by atoms with Crippen LogP contribution >= 0.6 is 11.3 Å². The number of pyridine rings is 1. The number of carbonyl (C=O) groups is 3. The third-order valence-corrected chi connectivity index (χ3v) is 8.27. The highest BCUT2D eigenvalue weighted by molar-refractivity contribution is 7.87. The minimum Gasteiger partial charge on any atom is -0.503 e. The Kier molecular flexibility index (Phi) is 9.32. The molecule has 2 aromatic heterocycles. The molecule has 43 heavy (non-hydrogen) atoms. The molecule has 21 nitrogen and oxygen atoms in total. The van der Waals surface area contributed by atoms with Gasteiger partial charge in [0.1, 0.15) is 11.7 Å². The van der Waals surface area contributed by atoms with Gasteiger partial charge in [-0.1, -0.05) is 5.16 Å². The first kappa shape index (κ1) is 33.1. The molecule has 2 atom stereocenters. The summed E-state index contributed by atoms with van der Waals surface area (Å²) in [5, 5.41) is 35.1. The van der Waals surface area contributed by atoms with Gasteiger partial charge in [-0.05, 0) is 13.8 Å². The summed E-state index contributed by atoms with van der Waals surface area (Å²) in [7, 11) is -9.80. The number of oxime groups is 1. The lowest BCUT2D eigenvalue weighted by Crippen LogP contribution is -2.74. The molecule has 0 bridgehead atoms. The number of nitrogens with one attached hydrogen (secondary N) is 3. The Morgan fingerprint density at radius 1 is 1.23 bits per heavy atom. The summed E-state index contributed by atoms with van der Waals surface area (Å²) in [6, 6.07) is -2.78. The van der Waals surface area contributed by atoms with Gasteiger partial charge in [0.2, 0.25) is 11.0 Å². The number of thiazole rings is 1. The first-order valence-corrected chi connectivity index (χ1v) is 15.2. The highest BCUT2D eigenvalue weighted by Crippen LogP contribution is 2.24. The fourth-order valence-electron chi connectivity index (χ4n) is 3.27. The molecule has 0 radical (unpaired) electrons. The zero-order valence-corrected chi connectivity index (χ0v) is 24.3. The van der Waals surface area contributed by atoms with Crippen molar-refractivity contribution in [2.75, 3.05) is 12.3 Å². The summed E-state index contributed by atoms with van der Waals surface area (Å²) in [5.74, 6) is -4.88. The van der Waals surface area contributed by atoms with E-state index in [0.29, 0.717) is 6.20 Å². The number of carboxylic acids is 1. The molecule has 1 fully saturated rings. The zero-order valence-electron chi connectivity index (χ0n) is 21.9. The molecule has 24 heteroatoms. The molecular formula is C19H24N8O13S3. The van der Waals surface area contributed by atoms with Crippen LogP contribution < -0.4 is 25.9 Å². The quantitative estimate of drug-likeness (QED) is 0.0338. The number of hydrogen-bond donors (Lipinski definition) is 8. The molecule has 2 amide bonds. The Balaban J connectivity index is 1.80. The predicted octanol–water partition coefficient (Wildman–Crippen LogP) is -3.46. The Morgan fingerprint density at radius 3 is 2.44 bits per heavy atom. The fraction of sp³-hybridized carbons (Fsp3) is 0.368. The minimum atomic E-state index is -5.24. The average molecular weight is 669 g/mol. The zero-order chi connectivity index (χ0) is 32.5. The van der Waals surface area contributed by atoms with Crippen LogP contribution in [0.25, 0.3) is 0 Å². The number of anilines is 1. The van der Waals surface area contributed by atoms with Gasteiger partial charge in [0.25, 0.3) is 22.0 Å². The number of nitrogens with zero attached hydrogens (tertiary/aromatic N) is 4. The molecule has 236 valence electrons. The fourth-order valence-corrected chi connectivity index (χ4v) is 5.53. The second-order valence-corrected chi connectivity index (χ2v) is 12.8. The van der Waals surface area contributed by atoms with Gasteiger partial charge in [-0.2, -0.15) is 26.3 Å². The number of hydrogen-bond acceptors (Lipinski definition) is 15. The molecule has 1 saturated heterocycles. The van der Waals surface area contributed by atoms with Crippen LogP contribution in [0.1, 0.15) is 25.2 Å². The maximum Gasteiger partial charge on any atom is 0.362 e. The topological polar surface area (TPSA) is 322 Å². The van der Waals surface area contributed by atoms with Crippen molar-refractivity contribution in [3.05, 3.63) is 39.3 Å². The normalized spacial score (nSPS) is 17.8. The number of rotatable bonds is 13. The first-order chi connectivity index (χ1) is 19.7. The number of β-lactam (4-membered cyclic amide) rings is 1. The molecule has 1 aliphatic heterocycles. The summed E-state index contributed by atoms with van der Waals surface area (Å²) in [4.78, 5) is 57.4. The molecule has 0 saturated carbocycles. The highest BCUT2D eigenvalue weighted by Gasteiger charge is 2.54. The van der Waals surface area contributed by atoms with Gasteiger partial charge in [0.15, 0.2) is 16.6 Å². The second kappa shape index (κ2) is 12.1. The molecule has 3 rings (SSSR count). The van der Waals surface area contributed by atoms with E-state index in [1.807, 2.05) is 9.44 Å². The molecule has 9 N–H and O–H groups in total. The standard InChI is InChI=1S/C19H24N8O13S3/c1-19(2,17(32)33)40-25-13(9-7-41-18(20)23-9)15(30)24-14-10(27(16(14)31)43(37,38)39)5-22-42(35,36)21-4-8-3-11(28)12(29)6-26(8)34/h3,6-7,10,14,21-22,29,34H,4-5H2,1-2H3,(H2,20,23)(H,24,30)(H,32,33)(H,37,38,39)/b25-13-. The van der Waals surface area contributed by atoms with E-state index in [9.17, 15) is 56.0 Å². The van der Waals surface area contributed by atoms with Gasteiger partial charge < -0.3 is 31.3 Å². The van der Waals surface area contributed by atoms with Crippen LogP contribution in [-0.4, -0.2) is 98.6 Å². The lowest BCUT2D eigenvalue weighted by molar-refractivity contribution is -0.161. The van der Waals surface area contributed by atoms with Crippen molar-refractivity contribution in [3.63, 3.8) is 0 Å². The number of aromatic nitrogens is 2. The third kappa shape index (κ3) is 7.73. The number of carboxylic acid groups (broad SMARTS) is 1. The van der Waals surface area contributed by atoms with Crippen LogP contribution in [0.5, 0.6) is 5.75 Å². The summed E-state index contributed by atoms with van der Waals surface area (Å²) >= 11 is 0.865. The first-order valence-electron chi connectivity index (χ1n) is 11.4. The smallest absolute Gasteiger partial charge is 0.362 e. The van der Waals surface area contributed by atoms with Gasteiger partial charge in [-0.15, -0.1) is 11.3 Å². The van der Waals surface area contributed by atoms with Crippen LogP contribution in [0, 0.1) is 0 Å². The summed E-state index contributed by atoms with van der Waals surface area (Å²) in [6.45, 7) is 0.615. The Labute approximate surface area is 245 Å². The summed E-state index contributed by atoms with van der Waals surface area (Å²) in [5.41, 5.74) is 1.53. The van der Waals surface area contributed by atoms with E-state index in [4.69, 9.17) is 10.6 Å². The van der Waals surface area contributed by atoms with E-state index in [2.05, 4.69) is 15.5 Å². The van der Waals surface area contributed by atoms with Gasteiger partial charge in [-0.3, -0.25) is 18.9 Å². The molecule has 3 heterocycles. The lowest BCUT2D eigenvalue weighted by atomic mass is 9.98. The SMILES string of the molecule is CC(C)(O/N=C(\C(=O)NC1C(=O)N(S(=O)(=O)O)C1CNS(=O)(=O)NCc1cc(=O)c(O)cn1O)c1csc(N)n1)C(=O)O. The molecule has 1 aliphatic rings. The van der Waals surface area contributed by atoms with Crippen molar-refractivity contribution in [1.29, 1.82) is 0 Å². The maximum atomic E-state index is 13.1. The molecule has 0 aliphatic carbocycles. The molecule has 2 unspecified atom stereocenters. The second-order valence-electron chi connectivity index (χ2n) is 9.08. The largest absolute Gasteiger partial charge is 0.503 e. The number of carbonyl (C=O) groups excluding carboxylic acids is 2. The van der Waals surface area contributed by atoms with Crippen molar-refractivity contribution in [2.45, 2.75) is 38.1 Å². The molecule has 2 aromatic rings. The Bertz CT molecular complexity index is 1750. The number of nitrogens with two attached hydrogens (primary N) is 1. The van der Waals surface area contributed by atoms with Crippen molar-refractivity contribution >= 4 is 60.5 Å². The van der Waals surface area contributed by atoms with E-state index in [1.165, 1.54) is 5.38 Å². The van der Waals surface area contributed by atoms with Crippen LogP contribution in [0.15, 0.2) is 27.6 Å². The monoisotopic (exact) mass is 668 g/mol. The number of nitrogen functional groups attached to an aromatic ring is 1. The highest BCUT2D eigenvalue weighted by atomic mass is 32.2. The van der Waals surface area contributed by atoms with Crippen LogP contribution in [0.4, 0.5) is 5.13 Å². The van der Waals surface area contributed by atoms with E-state index < -0.39 is 86.0 Å². The van der Waals surface area contributed by atoms with Gasteiger partial charge in [0.05, 0.1) is 24.5 Å². The molecule has 0 spiro atoms. The Morgan fingerprint density at radius 2 is 1.88 bits per heavy atom. The Hall–Kier alpha value is -4.36. The van der Waals surface area contributed by atoms with E-state index in [0.717, 1.165) is 31.3 Å².